The summed E-state index contributed by atoms with van der Waals surface area (Å²) < 4.78 is 11.3. The van der Waals surface area contributed by atoms with Crippen LogP contribution in [0.25, 0.3) is 10.9 Å². The third kappa shape index (κ3) is 5.86. The van der Waals surface area contributed by atoms with Crippen LogP contribution in [0.5, 0.6) is 17.2 Å². The number of carbonyl (C=O) groups is 3. The number of phenolic OH excluding ortho intramolecular Hbond substituents is 1. The highest BCUT2D eigenvalue weighted by Gasteiger charge is 2.33. The molecule has 13 heteroatoms. The Kier molecular flexibility index (Phi) is 7.66. The van der Waals surface area contributed by atoms with Crippen molar-refractivity contribution in [3.8, 4) is 17.2 Å². The molecule has 3 aromatic rings. The van der Waals surface area contributed by atoms with Crippen LogP contribution in [0.3, 0.4) is 0 Å². The van der Waals surface area contributed by atoms with E-state index >= 15 is 0 Å². The van der Waals surface area contributed by atoms with Crippen LogP contribution in [-0.4, -0.2) is 71.7 Å². The van der Waals surface area contributed by atoms with Gasteiger partial charge in [0.25, 0.3) is 5.91 Å². The number of aromatic nitrogens is 2. The Bertz CT molecular complexity index is 1530. The summed E-state index contributed by atoms with van der Waals surface area (Å²) in [4.78, 5) is 46.4. The summed E-state index contributed by atoms with van der Waals surface area (Å²) in [5.41, 5.74) is 7.64. The van der Waals surface area contributed by atoms with Crippen LogP contribution >= 0.6 is 0 Å². The quantitative estimate of drug-likeness (QED) is 0.255. The molecule has 0 saturated heterocycles. The number of pyridine rings is 2. The molecule has 2 aliphatic heterocycles. The lowest BCUT2D eigenvalue weighted by atomic mass is 9.77. The van der Waals surface area contributed by atoms with Gasteiger partial charge in [0.1, 0.15) is 12.4 Å². The van der Waals surface area contributed by atoms with E-state index in [0.717, 1.165) is 48.1 Å². The number of aromatic hydroxyl groups is 1. The molecule has 0 radical (unpaired) electrons. The Morgan fingerprint density at radius 3 is 2.90 bits per heavy atom. The van der Waals surface area contributed by atoms with Gasteiger partial charge in [-0.15, -0.1) is 0 Å². The van der Waals surface area contributed by atoms with E-state index in [1.807, 2.05) is 6.07 Å². The second-order valence-corrected chi connectivity index (χ2v) is 11.0. The molecular weight excluding hydrogens is 542 g/mol. The van der Waals surface area contributed by atoms with Gasteiger partial charge in [0.2, 0.25) is 0 Å². The molecule has 2 aromatic heterocycles. The molecule has 220 valence electrons. The minimum absolute atomic E-state index is 0.0279. The number of ether oxygens (including phenoxy) is 2. The molecule has 6 N–H and O–H groups in total. The van der Waals surface area contributed by atoms with Gasteiger partial charge in [0, 0.05) is 31.1 Å². The zero-order chi connectivity index (χ0) is 29.2. The third-order valence-electron chi connectivity index (χ3n) is 8.12. The Morgan fingerprint density at radius 1 is 1.17 bits per heavy atom. The lowest BCUT2D eigenvalue weighted by Crippen LogP contribution is -2.49. The van der Waals surface area contributed by atoms with E-state index < -0.39 is 11.8 Å². The number of nitrogens with one attached hydrogen (secondary N) is 3. The fourth-order valence-electron chi connectivity index (χ4n) is 6.12. The Balaban J connectivity index is 1.16. The zero-order valence-electron chi connectivity index (χ0n) is 23.0. The first kappa shape index (κ1) is 27.5. The van der Waals surface area contributed by atoms with Crippen LogP contribution in [0.1, 0.15) is 25.0 Å². The predicted molar refractivity (Wildman–Crippen MR) is 153 cm³/mol. The molecule has 13 nitrogen and oxygen atoms in total. The van der Waals surface area contributed by atoms with Crippen molar-refractivity contribution in [3.05, 3.63) is 42.2 Å². The predicted octanol–water partition coefficient (Wildman–Crippen LogP) is 1.04. The minimum Gasteiger partial charge on any atom is -0.508 e. The maximum Gasteiger partial charge on any atom is 0.309 e. The molecule has 0 spiro atoms. The fraction of sp³-hybridized carbons (Fsp3) is 0.414. The molecule has 0 unspecified atom stereocenters. The number of anilines is 2. The van der Waals surface area contributed by atoms with Crippen molar-refractivity contribution in [2.75, 3.05) is 43.1 Å². The monoisotopic (exact) mass is 575 g/mol. The molecule has 3 aliphatic rings. The van der Waals surface area contributed by atoms with E-state index in [9.17, 15) is 19.5 Å². The molecule has 1 aliphatic carbocycles. The normalized spacial score (nSPS) is 21.4. The van der Waals surface area contributed by atoms with E-state index in [0.29, 0.717) is 49.5 Å². The van der Waals surface area contributed by atoms with Gasteiger partial charge >= 0.3 is 11.8 Å². The summed E-state index contributed by atoms with van der Waals surface area (Å²) in [6.07, 6.45) is 4.33. The Hall–Kier alpha value is -4.65. The van der Waals surface area contributed by atoms with Crippen molar-refractivity contribution < 1.29 is 29.0 Å². The topological polar surface area (TPSA) is 181 Å². The van der Waals surface area contributed by atoms with E-state index in [1.165, 1.54) is 0 Å². The fourth-order valence-corrected chi connectivity index (χ4v) is 6.12. The number of primary amides is 1. The van der Waals surface area contributed by atoms with E-state index in [-0.39, 0.29) is 30.2 Å². The first-order chi connectivity index (χ1) is 20.3. The average molecular weight is 576 g/mol. The molecule has 1 saturated carbocycles. The number of hydrogen-bond donors (Lipinski definition) is 5. The van der Waals surface area contributed by atoms with Crippen LogP contribution in [0.2, 0.25) is 0 Å². The number of fused-ring (bicyclic) bond motifs is 4. The number of benzene rings is 1. The van der Waals surface area contributed by atoms with Gasteiger partial charge in [-0.25, -0.2) is 4.98 Å². The number of phenols is 1. The van der Waals surface area contributed by atoms with Gasteiger partial charge in [0.05, 0.1) is 29.6 Å². The first-order valence-corrected chi connectivity index (χ1v) is 14.1. The van der Waals surface area contributed by atoms with Gasteiger partial charge < -0.3 is 41.2 Å². The largest absolute Gasteiger partial charge is 0.508 e. The van der Waals surface area contributed by atoms with Gasteiger partial charge in [-0.3, -0.25) is 19.4 Å². The maximum atomic E-state index is 12.0. The summed E-state index contributed by atoms with van der Waals surface area (Å²) in [6, 6.07) is 8.84. The molecule has 6 rings (SSSR count). The second kappa shape index (κ2) is 11.7. The van der Waals surface area contributed by atoms with E-state index in [4.69, 9.17) is 15.2 Å². The molecule has 42 heavy (non-hydrogen) atoms. The summed E-state index contributed by atoms with van der Waals surface area (Å²) in [5.74, 6) is 0.0865. The van der Waals surface area contributed by atoms with Crippen LogP contribution in [0, 0.1) is 11.8 Å². The second-order valence-electron chi connectivity index (χ2n) is 11.0. The highest BCUT2D eigenvalue weighted by Crippen LogP contribution is 2.40. The summed E-state index contributed by atoms with van der Waals surface area (Å²) in [5, 5.41) is 20.0. The zero-order valence-corrected chi connectivity index (χ0v) is 23.0. The van der Waals surface area contributed by atoms with Crippen molar-refractivity contribution in [3.63, 3.8) is 0 Å². The van der Waals surface area contributed by atoms with Crippen molar-refractivity contribution in [2.45, 2.75) is 31.8 Å². The number of carbonyl (C=O) groups excluding carboxylic acids is 3. The minimum atomic E-state index is -1.01. The van der Waals surface area contributed by atoms with Gasteiger partial charge in [0.15, 0.2) is 23.9 Å². The number of nitrogens with zero attached hydrogens (tertiary/aromatic N) is 3. The standard InChI is InChI=1S/C29H33N7O6/c30-27(39)29(40)33-11-17-9-16(1-4-21(17)31-12-18-2-6-23-28(34-18)35-25(38)15-42-23)14-36-7-8-41-24-13-32-22-5-3-19(37)10-20(22)26(24)36/h2-3,5-6,10,13,16-17,21,31,37H,1,4,7-9,11-12,14-15H2,(H2,30,39)(H,33,40)(H,34,35,38)/t16-,17-,21-/m1/s1. The van der Waals surface area contributed by atoms with E-state index in [1.54, 1.807) is 30.5 Å². The van der Waals surface area contributed by atoms with Gasteiger partial charge in [-0.1, -0.05) is 0 Å². The molecule has 4 heterocycles. The van der Waals surface area contributed by atoms with Crippen molar-refractivity contribution >= 4 is 40.1 Å². The summed E-state index contributed by atoms with van der Waals surface area (Å²) in [7, 11) is 0. The highest BCUT2D eigenvalue weighted by atomic mass is 16.5. The molecule has 0 bridgehead atoms. The lowest BCUT2D eigenvalue weighted by molar-refractivity contribution is -0.137. The van der Waals surface area contributed by atoms with Crippen LogP contribution < -0.4 is 36.1 Å². The van der Waals surface area contributed by atoms with Gasteiger partial charge in [-0.05, 0) is 61.4 Å². The number of amides is 3. The highest BCUT2D eigenvalue weighted by molar-refractivity contribution is 6.34. The van der Waals surface area contributed by atoms with Crippen LogP contribution in [0.15, 0.2) is 36.5 Å². The SMILES string of the molecule is NC(=O)C(=O)NC[C@H]1C[C@H](CN2CCOc3cnc4ccc(O)cc4c32)CC[C@H]1NCc1ccc2c(n1)NC(=O)CO2. The van der Waals surface area contributed by atoms with Crippen molar-refractivity contribution in [2.24, 2.45) is 17.6 Å². The first-order valence-electron chi connectivity index (χ1n) is 14.1. The molecule has 1 fully saturated rings. The van der Waals surface area contributed by atoms with Crippen molar-refractivity contribution in [1.29, 1.82) is 0 Å². The van der Waals surface area contributed by atoms with Crippen LogP contribution in [0.4, 0.5) is 11.5 Å². The smallest absolute Gasteiger partial charge is 0.309 e. The van der Waals surface area contributed by atoms with Gasteiger partial charge in [-0.2, -0.15) is 0 Å². The van der Waals surface area contributed by atoms with Crippen LogP contribution in [-0.2, 0) is 20.9 Å². The number of rotatable bonds is 7. The molecule has 3 atom stereocenters. The third-order valence-corrected chi connectivity index (χ3v) is 8.12. The average Bonchev–Trinajstić information content (AvgIpc) is 2.98. The lowest BCUT2D eigenvalue weighted by Gasteiger charge is -2.40. The Morgan fingerprint density at radius 2 is 2.05 bits per heavy atom. The Labute approximate surface area is 241 Å². The van der Waals surface area contributed by atoms with E-state index in [2.05, 4.69) is 30.8 Å². The number of hydrogen-bond acceptors (Lipinski definition) is 10. The maximum absolute atomic E-state index is 12.0. The summed E-state index contributed by atoms with van der Waals surface area (Å²) >= 11 is 0. The molecule has 1 aromatic carbocycles. The summed E-state index contributed by atoms with van der Waals surface area (Å²) in [6.45, 7) is 2.74. The molecule has 3 amide bonds. The molecular formula is C29H33N7O6. The van der Waals surface area contributed by atoms with Crippen molar-refractivity contribution in [1.82, 2.24) is 20.6 Å². The number of nitrogens with two attached hydrogens (primary N) is 1.